The average Bonchev–Trinajstić information content (AvgIpc) is 3.48. The van der Waals surface area contributed by atoms with Crippen molar-refractivity contribution in [2.24, 2.45) is 5.10 Å². The Morgan fingerprint density at radius 3 is 2.66 bits per heavy atom. The summed E-state index contributed by atoms with van der Waals surface area (Å²) >= 11 is 3.52. The van der Waals surface area contributed by atoms with Crippen LogP contribution in [0.1, 0.15) is 30.8 Å². The number of ether oxygens (including phenoxy) is 1. The first kappa shape index (κ1) is 22.8. The standard InChI is InChI=1S/C26H22BrN5O3/c1-16(33)28-19-9-11-20(12-10-19)35-15-25(34)32-24(17-5-4-6-18(27)13-17)14-23(31-32)26-29-21-7-2-3-8-22(21)30-26/h2-13,24H,14-15H2,1H3,(H,28,33)(H,29,30). The van der Waals surface area contributed by atoms with Gasteiger partial charge in [0.25, 0.3) is 5.91 Å². The van der Waals surface area contributed by atoms with Gasteiger partial charge in [-0.2, -0.15) is 5.10 Å². The van der Waals surface area contributed by atoms with E-state index in [9.17, 15) is 9.59 Å². The molecule has 0 saturated carbocycles. The number of carbonyl (C=O) groups excluding carboxylic acids is 2. The molecule has 1 aliphatic heterocycles. The maximum absolute atomic E-state index is 13.2. The second-order valence-corrected chi connectivity index (χ2v) is 9.07. The van der Waals surface area contributed by atoms with Gasteiger partial charge in [-0.15, -0.1) is 0 Å². The number of amides is 2. The van der Waals surface area contributed by atoms with Gasteiger partial charge in [0.1, 0.15) is 11.5 Å². The molecule has 0 bridgehead atoms. The highest BCUT2D eigenvalue weighted by molar-refractivity contribution is 9.10. The summed E-state index contributed by atoms with van der Waals surface area (Å²) in [5.41, 5.74) is 4.09. The summed E-state index contributed by atoms with van der Waals surface area (Å²) < 4.78 is 6.66. The first-order valence-electron chi connectivity index (χ1n) is 11.1. The minimum Gasteiger partial charge on any atom is -0.484 e. The quantitative estimate of drug-likeness (QED) is 0.364. The summed E-state index contributed by atoms with van der Waals surface area (Å²) in [7, 11) is 0. The van der Waals surface area contributed by atoms with Crippen LogP contribution in [0.3, 0.4) is 0 Å². The van der Waals surface area contributed by atoms with Gasteiger partial charge in [0, 0.05) is 23.5 Å². The van der Waals surface area contributed by atoms with E-state index in [4.69, 9.17) is 4.74 Å². The fourth-order valence-corrected chi connectivity index (χ4v) is 4.41. The summed E-state index contributed by atoms with van der Waals surface area (Å²) in [4.78, 5) is 32.4. The van der Waals surface area contributed by atoms with Crippen molar-refractivity contribution in [1.82, 2.24) is 15.0 Å². The van der Waals surface area contributed by atoms with E-state index in [2.05, 4.69) is 36.3 Å². The molecule has 0 fully saturated rings. The van der Waals surface area contributed by atoms with Gasteiger partial charge >= 0.3 is 0 Å². The molecule has 35 heavy (non-hydrogen) atoms. The minimum atomic E-state index is -0.283. The summed E-state index contributed by atoms with van der Waals surface area (Å²) in [6.07, 6.45) is 0.521. The van der Waals surface area contributed by atoms with E-state index >= 15 is 0 Å². The number of halogens is 1. The van der Waals surface area contributed by atoms with E-state index in [0.29, 0.717) is 29.4 Å². The normalized spacial score (nSPS) is 15.2. The van der Waals surface area contributed by atoms with Crippen molar-refractivity contribution in [3.8, 4) is 5.75 Å². The molecule has 0 radical (unpaired) electrons. The fourth-order valence-electron chi connectivity index (χ4n) is 4.00. The number of imidazole rings is 1. The third kappa shape index (κ3) is 5.09. The van der Waals surface area contributed by atoms with Crippen molar-refractivity contribution < 1.29 is 14.3 Å². The number of hydrogen-bond donors (Lipinski definition) is 2. The summed E-state index contributed by atoms with van der Waals surface area (Å²) in [6.45, 7) is 1.27. The first-order chi connectivity index (χ1) is 17.0. The van der Waals surface area contributed by atoms with E-state index < -0.39 is 0 Å². The van der Waals surface area contributed by atoms with Crippen LogP contribution < -0.4 is 10.1 Å². The van der Waals surface area contributed by atoms with Crippen molar-refractivity contribution in [2.45, 2.75) is 19.4 Å². The summed E-state index contributed by atoms with van der Waals surface area (Å²) in [6, 6.07) is 22.2. The smallest absolute Gasteiger partial charge is 0.281 e. The Bertz CT molecular complexity index is 1400. The molecule has 1 atom stereocenters. The van der Waals surface area contributed by atoms with Gasteiger partial charge in [-0.3, -0.25) is 9.59 Å². The van der Waals surface area contributed by atoms with Gasteiger partial charge in [-0.25, -0.2) is 9.99 Å². The van der Waals surface area contributed by atoms with Crippen molar-refractivity contribution in [2.75, 3.05) is 11.9 Å². The Kier molecular flexibility index (Phi) is 6.33. The van der Waals surface area contributed by atoms with E-state index in [0.717, 1.165) is 21.1 Å². The Balaban J connectivity index is 1.37. The van der Waals surface area contributed by atoms with Crippen LogP contribution >= 0.6 is 15.9 Å². The number of aromatic amines is 1. The molecule has 1 unspecified atom stereocenters. The van der Waals surface area contributed by atoms with Gasteiger partial charge in [0.2, 0.25) is 5.91 Å². The zero-order chi connectivity index (χ0) is 24.4. The van der Waals surface area contributed by atoms with Crippen LogP contribution in [-0.2, 0) is 9.59 Å². The lowest BCUT2D eigenvalue weighted by Gasteiger charge is -2.22. The lowest BCUT2D eigenvalue weighted by molar-refractivity contribution is -0.135. The third-order valence-electron chi connectivity index (χ3n) is 5.60. The van der Waals surface area contributed by atoms with Crippen molar-refractivity contribution in [3.05, 3.63) is 88.7 Å². The largest absolute Gasteiger partial charge is 0.484 e. The van der Waals surface area contributed by atoms with Crippen LogP contribution in [0.5, 0.6) is 5.75 Å². The Morgan fingerprint density at radius 2 is 1.91 bits per heavy atom. The van der Waals surface area contributed by atoms with E-state index in [1.807, 2.05) is 48.5 Å². The van der Waals surface area contributed by atoms with Crippen LogP contribution in [0.15, 0.2) is 82.4 Å². The predicted octanol–water partition coefficient (Wildman–Crippen LogP) is 5.04. The van der Waals surface area contributed by atoms with Gasteiger partial charge in [-0.05, 0) is 54.1 Å². The van der Waals surface area contributed by atoms with Crippen LogP contribution in [0, 0.1) is 0 Å². The molecule has 4 aromatic rings. The van der Waals surface area contributed by atoms with E-state index in [1.54, 1.807) is 24.3 Å². The van der Waals surface area contributed by atoms with Crippen molar-refractivity contribution >= 4 is 50.2 Å². The number of aromatic nitrogens is 2. The molecule has 1 aliphatic rings. The van der Waals surface area contributed by atoms with E-state index in [1.165, 1.54) is 11.9 Å². The average molecular weight is 532 g/mol. The number of nitrogens with one attached hydrogen (secondary N) is 2. The number of hydrazone groups is 1. The second-order valence-electron chi connectivity index (χ2n) is 8.16. The van der Waals surface area contributed by atoms with Gasteiger partial charge < -0.3 is 15.0 Å². The number of hydrogen-bond acceptors (Lipinski definition) is 5. The Hall–Kier alpha value is -3.98. The minimum absolute atomic E-state index is 0.153. The molecule has 3 aromatic carbocycles. The SMILES string of the molecule is CC(=O)Nc1ccc(OCC(=O)N2N=C(c3nc4ccccc4[nH]3)CC2c2cccc(Br)c2)cc1. The molecule has 1 aromatic heterocycles. The highest BCUT2D eigenvalue weighted by Crippen LogP contribution is 2.34. The van der Waals surface area contributed by atoms with Crippen LogP contribution in [0.2, 0.25) is 0 Å². The first-order valence-corrected chi connectivity index (χ1v) is 11.9. The highest BCUT2D eigenvalue weighted by Gasteiger charge is 2.34. The van der Waals surface area contributed by atoms with E-state index in [-0.39, 0.29) is 24.5 Å². The molecule has 0 aliphatic carbocycles. The van der Waals surface area contributed by atoms with Gasteiger partial charge in [0.05, 0.1) is 17.1 Å². The van der Waals surface area contributed by atoms with Crippen LogP contribution in [-0.4, -0.2) is 39.1 Å². The van der Waals surface area contributed by atoms with Crippen molar-refractivity contribution in [3.63, 3.8) is 0 Å². The highest BCUT2D eigenvalue weighted by atomic mass is 79.9. The fraction of sp³-hybridized carbons (Fsp3) is 0.154. The molecule has 176 valence electrons. The third-order valence-corrected chi connectivity index (χ3v) is 6.09. The molecule has 0 saturated heterocycles. The van der Waals surface area contributed by atoms with Crippen LogP contribution in [0.4, 0.5) is 5.69 Å². The number of benzene rings is 3. The van der Waals surface area contributed by atoms with Crippen LogP contribution in [0.25, 0.3) is 11.0 Å². The van der Waals surface area contributed by atoms with Gasteiger partial charge in [-0.1, -0.05) is 40.2 Å². The number of para-hydroxylation sites is 2. The molecular weight excluding hydrogens is 510 g/mol. The Labute approximate surface area is 210 Å². The molecule has 0 spiro atoms. The number of anilines is 1. The number of fused-ring (bicyclic) bond motifs is 1. The molecule has 2 amide bonds. The summed E-state index contributed by atoms with van der Waals surface area (Å²) in [5.74, 6) is 0.745. The number of rotatable bonds is 6. The molecule has 2 heterocycles. The molecular formula is C26H22BrN5O3. The predicted molar refractivity (Wildman–Crippen MR) is 137 cm³/mol. The maximum atomic E-state index is 13.2. The van der Waals surface area contributed by atoms with Crippen molar-refractivity contribution in [1.29, 1.82) is 0 Å². The number of H-pyrrole nitrogens is 1. The zero-order valence-electron chi connectivity index (χ0n) is 18.9. The molecule has 2 N–H and O–H groups in total. The van der Waals surface area contributed by atoms with Gasteiger partial charge in [0.15, 0.2) is 12.4 Å². The zero-order valence-corrected chi connectivity index (χ0v) is 20.5. The summed E-state index contributed by atoms with van der Waals surface area (Å²) in [5, 5.41) is 8.85. The Morgan fingerprint density at radius 1 is 1.11 bits per heavy atom. The second kappa shape index (κ2) is 9.71. The lowest BCUT2D eigenvalue weighted by atomic mass is 10.0. The lowest BCUT2D eigenvalue weighted by Crippen LogP contribution is -2.31. The topological polar surface area (TPSA) is 99.7 Å². The molecule has 9 heteroatoms. The molecule has 8 nitrogen and oxygen atoms in total. The number of carbonyl (C=O) groups is 2. The monoisotopic (exact) mass is 531 g/mol. The molecule has 5 rings (SSSR count). The number of nitrogens with zero attached hydrogens (tertiary/aromatic N) is 3. The maximum Gasteiger partial charge on any atom is 0.281 e.